The molecular formula is C25H30N6O4. The Morgan fingerprint density at radius 2 is 1.83 bits per heavy atom. The lowest BCUT2D eigenvalue weighted by atomic mass is 10.1. The summed E-state index contributed by atoms with van der Waals surface area (Å²) in [5, 5.41) is 13.1. The van der Waals surface area contributed by atoms with E-state index in [0.717, 1.165) is 43.5 Å². The fourth-order valence-corrected chi connectivity index (χ4v) is 4.61. The Labute approximate surface area is 202 Å². The molecule has 1 fully saturated rings. The Balaban J connectivity index is 1.42. The van der Waals surface area contributed by atoms with Crippen molar-refractivity contribution in [2.45, 2.75) is 19.6 Å². The van der Waals surface area contributed by atoms with Crippen LogP contribution in [0.5, 0.6) is 5.75 Å². The first-order chi connectivity index (χ1) is 16.9. The number of nitrogens with one attached hydrogen (secondary N) is 1. The number of aromatic amines is 1. The van der Waals surface area contributed by atoms with Crippen LogP contribution in [0.4, 0.5) is 5.95 Å². The van der Waals surface area contributed by atoms with Crippen molar-refractivity contribution in [1.29, 1.82) is 0 Å². The summed E-state index contributed by atoms with van der Waals surface area (Å²) < 4.78 is 8.92. The van der Waals surface area contributed by atoms with E-state index >= 15 is 0 Å². The zero-order chi connectivity index (χ0) is 24.5. The number of aliphatic hydroxyl groups excluding tert-OH is 1. The van der Waals surface area contributed by atoms with Crippen LogP contribution in [0.3, 0.4) is 0 Å². The van der Waals surface area contributed by atoms with Gasteiger partial charge < -0.3 is 24.2 Å². The number of hydrogen-bond acceptors (Lipinski definition) is 7. The molecule has 1 aliphatic rings. The number of imidazole rings is 1. The molecule has 3 heterocycles. The van der Waals surface area contributed by atoms with E-state index in [1.165, 1.54) is 4.57 Å². The monoisotopic (exact) mass is 478 g/mol. The second kappa shape index (κ2) is 9.55. The van der Waals surface area contributed by atoms with Gasteiger partial charge in [-0.05, 0) is 29.4 Å². The summed E-state index contributed by atoms with van der Waals surface area (Å²) in [6, 6.07) is 13.8. The van der Waals surface area contributed by atoms with Gasteiger partial charge in [-0.15, -0.1) is 0 Å². The van der Waals surface area contributed by atoms with Crippen molar-refractivity contribution in [2.24, 2.45) is 7.05 Å². The third-order valence-electron chi connectivity index (χ3n) is 6.65. The molecule has 1 saturated heterocycles. The highest BCUT2D eigenvalue weighted by molar-refractivity contribution is 5.83. The number of aliphatic hydroxyl groups is 1. The first-order valence-electron chi connectivity index (χ1n) is 11.9. The number of fused-ring (bicyclic) bond motifs is 2. The number of aryl methyl sites for hydroxylation is 1. The SMILES string of the molecule is CCN1CCN(c2nc3c(c(=O)[nH]c(=O)n3C)n2CC(O)COc2ccc3ccccc3c2)CC1. The molecule has 2 N–H and O–H groups in total. The molecule has 184 valence electrons. The highest BCUT2D eigenvalue weighted by atomic mass is 16.5. The molecule has 0 spiro atoms. The third-order valence-corrected chi connectivity index (χ3v) is 6.65. The molecule has 4 aromatic rings. The number of benzene rings is 2. The highest BCUT2D eigenvalue weighted by Gasteiger charge is 2.25. The molecule has 10 nitrogen and oxygen atoms in total. The number of nitrogens with zero attached hydrogens (tertiary/aromatic N) is 5. The maximum Gasteiger partial charge on any atom is 0.329 e. The van der Waals surface area contributed by atoms with E-state index in [1.807, 2.05) is 42.5 Å². The van der Waals surface area contributed by atoms with Crippen molar-refractivity contribution in [3.05, 3.63) is 63.3 Å². The topological polar surface area (TPSA) is 109 Å². The molecule has 2 aromatic heterocycles. The number of hydrogen-bond donors (Lipinski definition) is 2. The largest absolute Gasteiger partial charge is 0.491 e. The number of likely N-dealkylation sites (N-methyl/N-ethyl adjacent to an activating group) is 1. The number of rotatable bonds is 7. The van der Waals surface area contributed by atoms with Gasteiger partial charge in [-0.1, -0.05) is 37.3 Å². The van der Waals surface area contributed by atoms with Crippen LogP contribution in [0.1, 0.15) is 6.92 Å². The normalized spacial score (nSPS) is 15.7. The molecule has 0 radical (unpaired) electrons. The van der Waals surface area contributed by atoms with Crippen molar-refractivity contribution in [1.82, 2.24) is 24.0 Å². The van der Waals surface area contributed by atoms with Crippen LogP contribution in [-0.2, 0) is 13.6 Å². The van der Waals surface area contributed by atoms with Gasteiger partial charge in [0.1, 0.15) is 18.5 Å². The van der Waals surface area contributed by atoms with Crippen LogP contribution >= 0.6 is 0 Å². The van der Waals surface area contributed by atoms with Crippen LogP contribution in [0.15, 0.2) is 52.1 Å². The standard InChI is InChI=1S/C25H30N6O4/c1-3-29-10-12-30(13-11-29)24-26-22-21(23(33)27-25(34)28(22)2)31(24)15-19(32)16-35-20-9-8-17-6-4-5-7-18(17)14-20/h4-9,14,19,32H,3,10-13,15-16H2,1-2H3,(H,27,33,34). The number of aromatic nitrogens is 4. The summed E-state index contributed by atoms with van der Waals surface area (Å²) in [5.74, 6) is 1.24. The summed E-state index contributed by atoms with van der Waals surface area (Å²) in [7, 11) is 1.58. The van der Waals surface area contributed by atoms with Gasteiger partial charge in [0, 0.05) is 33.2 Å². The quantitative estimate of drug-likeness (QED) is 0.410. The van der Waals surface area contributed by atoms with Gasteiger partial charge in [0.15, 0.2) is 11.2 Å². The third kappa shape index (κ3) is 4.54. The Kier molecular flexibility index (Phi) is 6.31. The average Bonchev–Trinajstić information content (AvgIpc) is 3.25. The second-order valence-electron chi connectivity index (χ2n) is 8.91. The van der Waals surface area contributed by atoms with Gasteiger partial charge in [0.25, 0.3) is 5.56 Å². The molecule has 35 heavy (non-hydrogen) atoms. The van der Waals surface area contributed by atoms with E-state index in [9.17, 15) is 14.7 Å². The second-order valence-corrected chi connectivity index (χ2v) is 8.91. The molecule has 0 amide bonds. The van der Waals surface area contributed by atoms with E-state index in [0.29, 0.717) is 17.3 Å². The summed E-state index contributed by atoms with van der Waals surface area (Å²) >= 11 is 0. The van der Waals surface area contributed by atoms with Gasteiger partial charge in [0.2, 0.25) is 5.95 Å². The van der Waals surface area contributed by atoms with Gasteiger partial charge >= 0.3 is 5.69 Å². The number of ether oxygens (including phenoxy) is 1. The van der Waals surface area contributed by atoms with Gasteiger partial charge in [-0.2, -0.15) is 4.98 Å². The predicted molar refractivity (Wildman–Crippen MR) is 135 cm³/mol. The molecule has 0 saturated carbocycles. The molecule has 5 rings (SSSR count). The lowest BCUT2D eigenvalue weighted by Crippen LogP contribution is -2.47. The molecule has 0 bridgehead atoms. The first-order valence-corrected chi connectivity index (χ1v) is 11.9. The van der Waals surface area contributed by atoms with Crippen LogP contribution in [0.2, 0.25) is 0 Å². The smallest absolute Gasteiger partial charge is 0.329 e. The molecule has 2 aromatic carbocycles. The molecule has 1 atom stereocenters. The minimum absolute atomic E-state index is 0.0464. The number of anilines is 1. The molecule has 1 aliphatic heterocycles. The van der Waals surface area contributed by atoms with Gasteiger partial charge in [0.05, 0.1) is 6.54 Å². The van der Waals surface area contributed by atoms with E-state index < -0.39 is 17.4 Å². The van der Waals surface area contributed by atoms with Crippen molar-refractivity contribution in [2.75, 3.05) is 44.2 Å². The van der Waals surface area contributed by atoms with Crippen LogP contribution in [-0.4, -0.2) is 74.5 Å². The Morgan fingerprint density at radius 1 is 1.09 bits per heavy atom. The van der Waals surface area contributed by atoms with Crippen LogP contribution in [0.25, 0.3) is 21.9 Å². The zero-order valence-electron chi connectivity index (χ0n) is 20.0. The lowest BCUT2D eigenvalue weighted by molar-refractivity contribution is 0.0936. The van der Waals surface area contributed by atoms with Crippen LogP contribution in [0, 0.1) is 0 Å². The summed E-state index contributed by atoms with van der Waals surface area (Å²) in [6.45, 7) is 6.50. The first kappa shape index (κ1) is 23.1. The summed E-state index contributed by atoms with van der Waals surface area (Å²) in [4.78, 5) is 36.4. The van der Waals surface area contributed by atoms with Gasteiger partial charge in [-0.25, -0.2) is 4.79 Å². The van der Waals surface area contributed by atoms with E-state index in [2.05, 4.69) is 26.7 Å². The number of H-pyrrole nitrogens is 1. The molecular weight excluding hydrogens is 448 g/mol. The highest BCUT2D eigenvalue weighted by Crippen LogP contribution is 2.23. The molecule has 0 aliphatic carbocycles. The molecule has 1 unspecified atom stereocenters. The van der Waals surface area contributed by atoms with Gasteiger partial charge in [-0.3, -0.25) is 14.3 Å². The lowest BCUT2D eigenvalue weighted by Gasteiger charge is -2.35. The minimum Gasteiger partial charge on any atom is -0.491 e. The summed E-state index contributed by atoms with van der Waals surface area (Å²) in [6.07, 6.45) is -0.897. The Bertz CT molecular complexity index is 1460. The van der Waals surface area contributed by atoms with E-state index in [1.54, 1.807) is 11.6 Å². The van der Waals surface area contributed by atoms with Crippen LogP contribution < -0.4 is 20.9 Å². The van der Waals surface area contributed by atoms with Crippen molar-refractivity contribution >= 4 is 27.9 Å². The molecule has 10 heteroatoms. The average molecular weight is 479 g/mol. The fraction of sp³-hybridized carbons (Fsp3) is 0.400. The van der Waals surface area contributed by atoms with Crippen molar-refractivity contribution in [3.63, 3.8) is 0 Å². The Hall–Kier alpha value is -3.63. The fourth-order valence-electron chi connectivity index (χ4n) is 4.61. The maximum atomic E-state index is 12.8. The summed E-state index contributed by atoms with van der Waals surface area (Å²) in [5.41, 5.74) is -0.467. The zero-order valence-corrected chi connectivity index (χ0v) is 20.0. The maximum absolute atomic E-state index is 12.8. The van der Waals surface area contributed by atoms with E-state index in [-0.39, 0.29) is 18.7 Å². The minimum atomic E-state index is -0.897. The van der Waals surface area contributed by atoms with Crippen molar-refractivity contribution < 1.29 is 9.84 Å². The predicted octanol–water partition coefficient (Wildman–Crippen LogP) is 1.16. The van der Waals surface area contributed by atoms with Crippen molar-refractivity contribution in [3.8, 4) is 5.75 Å². The number of piperazine rings is 1. The van der Waals surface area contributed by atoms with E-state index in [4.69, 9.17) is 4.74 Å². The Morgan fingerprint density at radius 3 is 2.57 bits per heavy atom.